The van der Waals surface area contributed by atoms with Crippen molar-refractivity contribution in [3.8, 4) is 0 Å². The van der Waals surface area contributed by atoms with Crippen molar-refractivity contribution in [2.45, 2.75) is 11.8 Å². The van der Waals surface area contributed by atoms with E-state index >= 15 is 0 Å². The number of nitrogens with one attached hydrogen (secondary N) is 1. The van der Waals surface area contributed by atoms with Crippen LogP contribution in [0.3, 0.4) is 0 Å². The lowest BCUT2D eigenvalue weighted by Gasteiger charge is -2.25. The summed E-state index contributed by atoms with van der Waals surface area (Å²) >= 11 is 4.83. The molecule has 1 fully saturated rings. The minimum Gasteiger partial charge on any atom is -0.389 e. The normalized spacial score (nSPS) is 16.6. The van der Waals surface area contributed by atoms with Gasteiger partial charge in [-0.25, -0.2) is 8.42 Å². The predicted octanol–water partition coefficient (Wildman–Crippen LogP) is -0.724. The van der Waals surface area contributed by atoms with E-state index in [0.717, 1.165) is 4.31 Å². The molecule has 0 aliphatic carbocycles. The minimum atomic E-state index is -3.98. The highest BCUT2D eigenvalue weighted by molar-refractivity contribution is 7.89. The van der Waals surface area contributed by atoms with Crippen molar-refractivity contribution in [3.05, 3.63) is 29.3 Å². The van der Waals surface area contributed by atoms with Gasteiger partial charge in [-0.3, -0.25) is 14.9 Å². The van der Waals surface area contributed by atoms with Crippen molar-refractivity contribution < 1.29 is 18.0 Å². The molecular formula is C12H13N3O4S2. The van der Waals surface area contributed by atoms with E-state index < -0.39 is 34.9 Å². The Kier molecular flexibility index (Phi) is 4.08. The van der Waals surface area contributed by atoms with E-state index in [-0.39, 0.29) is 9.88 Å². The Hall–Kier alpha value is -1.84. The molecule has 21 heavy (non-hydrogen) atoms. The molecule has 0 atom stereocenters. The van der Waals surface area contributed by atoms with Crippen molar-refractivity contribution in [1.29, 1.82) is 0 Å². The van der Waals surface area contributed by atoms with Gasteiger partial charge in [0, 0.05) is 5.56 Å². The molecule has 2 amide bonds. The number of nitrogens with two attached hydrogens (primary N) is 1. The Bertz CT molecular complexity index is 727. The van der Waals surface area contributed by atoms with Crippen LogP contribution in [0.15, 0.2) is 23.1 Å². The molecule has 3 N–H and O–H groups in total. The van der Waals surface area contributed by atoms with Crippen molar-refractivity contribution in [2.24, 2.45) is 5.73 Å². The highest BCUT2D eigenvalue weighted by atomic mass is 32.2. The first-order chi connectivity index (χ1) is 9.71. The smallest absolute Gasteiger partial charge is 0.244 e. The van der Waals surface area contributed by atoms with Gasteiger partial charge in [0.1, 0.15) is 4.99 Å². The maximum Gasteiger partial charge on any atom is 0.244 e. The van der Waals surface area contributed by atoms with Crippen molar-refractivity contribution in [2.75, 3.05) is 13.1 Å². The summed E-state index contributed by atoms with van der Waals surface area (Å²) in [5, 5.41) is 2.05. The quantitative estimate of drug-likeness (QED) is 0.560. The number of thiocarbonyl (C=S) groups is 1. The average molecular weight is 327 g/mol. The number of hydrogen-bond donors (Lipinski definition) is 2. The number of carbonyl (C=O) groups excluding carboxylic acids is 2. The molecule has 0 saturated carbocycles. The summed E-state index contributed by atoms with van der Waals surface area (Å²) in [7, 11) is -3.98. The van der Waals surface area contributed by atoms with E-state index in [1.807, 2.05) is 0 Å². The summed E-state index contributed by atoms with van der Waals surface area (Å²) in [6.45, 7) is 0.817. The molecule has 2 rings (SSSR count). The molecule has 7 nitrogen and oxygen atoms in total. The number of sulfonamides is 1. The average Bonchev–Trinajstić information content (AvgIpc) is 2.37. The topological polar surface area (TPSA) is 110 Å². The maximum atomic E-state index is 12.6. The van der Waals surface area contributed by atoms with Crippen LogP contribution >= 0.6 is 12.2 Å². The molecule has 1 aliphatic heterocycles. The summed E-state index contributed by atoms with van der Waals surface area (Å²) < 4.78 is 26.0. The summed E-state index contributed by atoms with van der Waals surface area (Å²) in [6.07, 6.45) is 0. The van der Waals surface area contributed by atoms with Crippen molar-refractivity contribution in [1.82, 2.24) is 9.62 Å². The molecule has 0 spiro atoms. The van der Waals surface area contributed by atoms with Gasteiger partial charge in [0.2, 0.25) is 21.8 Å². The number of hydrogen-bond acceptors (Lipinski definition) is 5. The van der Waals surface area contributed by atoms with Gasteiger partial charge in [-0.15, -0.1) is 0 Å². The van der Waals surface area contributed by atoms with Gasteiger partial charge < -0.3 is 5.73 Å². The summed E-state index contributed by atoms with van der Waals surface area (Å²) in [4.78, 5) is 22.7. The molecule has 0 bridgehead atoms. The lowest BCUT2D eigenvalue weighted by molar-refractivity contribution is -0.134. The Balaban J connectivity index is 2.48. The molecule has 9 heteroatoms. The van der Waals surface area contributed by atoms with Gasteiger partial charge in [-0.2, -0.15) is 4.31 Å². The van der Waals surface area contributed by atoms with Crippen LogP contribution in [0.1, 0.15) is 11.1 Å². The molecule has 1 aromatic carbocycles. The van der Waals surface area contributed by atoms with Gasteiger partial charge in [-0.05, 0) is 18.6 Å². The highest BCUT2D eigenvalue weighted by Crippen LogP contribution is 2.22. The van der Waals surface area contributed by atoms with E-state index in [1.54, 1.807) is 19.1 Å². The Morgan fingerprint density at radius 1 is 1.29 bits per heavy atom. The SMILES string of the molecule is Cc1ccc(C(N)=S)cc1S(=O)(=O)N1CC(=O)NC(=O)C1. The second kappa shape index (κ2) is 5.51. The van der Waals surface area contributed by atoms with Crippen LogP contribution in [-0.4, -0.2) is 42.6 Å². The van der Waals surface area contributed by atoms with Crippen LogP contribution in [0, 0.1) is 6.92 Å². The molecule has 1 heterocycles. The molecular weight excluding hydrogens is 314 g/mol. The van der Waals surface area contributed by atoms with E-state index in [1.165, 1.54) is 6.07 Å². The molecule has 112 valence electrons. The third-order valence-electron chi connectivity index (χ3n) is 3.01. The van der Waals surface area contributed by atoms with E-state index in [4.69, 9.17) is 18.0 Å². The lowest BCUT2D eigenvalue weighted by Crippen LogP contribution is -2.53. The molecule has 1 aromatic rings. The third-order valence-corrected chi connectivity index (χ3v) is 5.18. The standard InChI is InChI=1S/C12H13N3O4S2/c1-7-2-3-8(12(13)20)4-9(7)21(18,19)15-5-10(16)14-11(17)6-15/h2-4H,5-6H2,1H3,(H2,13,20)(H,14,16,17). The zero-order valence-corrected chi connectivity index (χ0v) is 12.8. The zero-order valence-electron chi connectivity index (χ0n) is 11.1. The van der Waals surface area contributed by atoms with Crippen LogP contribution in [0.25, 0.3) is 0 Å². The minimum absolute atomic E-state index is 0.0182. The van der Waals surface area contributed by atoms with Gasteiger partial charge in [-0.1, -0.05) is 24.4 Å². The number of rotatable bonds is 3. The number of amides is 2. The molecule has 0 aromatic heterocycles. The fraction of sp³-hybridized carbons (Fsp3) is 0.250. The van der Waals surface area contributed by atoms with Crippen molar-refractivity contribution in [3.63, 3.8) is 0 Å². The number of nitrogens with zero attached hydrogens (tertiary/aromatic N) is 1. The number of carbonyl (C=O) groups is 2. The first kappa shape index (κ1) is 15.5. The Morgan fingerprint density at radius 2 is 1.86 bits per heavy atom. The van der Waals surface area contributed by atoms with E-state index in [2.05, 4.69) is 5.32 Å². The van der Waals surface area contributed by atoms with Crippen LogP contribution in [-0.2, 0) is 19.6 Å². The molecule has 0 radical (unpaired) electrons. The maximum absolute atomic E-state index is 12.6. The Labute approximate surface area is 127 Å². The van der Waals surface area contributed by atoms with Crippen LogP contribution < -0.4 is 11.1 Å². The van der Waals surface area contributed by atoms with E-state index in [0.29, 0.717) is 11.1 Å². The fourth-order valence-electron chi connectivity index (χ4n) is 1.95. The molecule has 1 saturated heterocycles. The number of benzene rings is 1. The zero-order chi connectivity index (χ0) is 15.8. The largest absolute Gasteiger partial charge is 0.389 e. The first-order valence-electron chi connectivity index (χ1n) is 5.95. The predicted molar refractivity (Wildman–Crippen MR) is 79.0 cm³/mol. The van der Waals surface area contributed by atoms with Gasteiger partial charge >= 0.3 is 0 Å². The van der Waals surface area contributed by atoms with Crippen LogP contribution in [0.4, 0.5) is 0 Å². The van der Waals surface area contributed by atoms with Crippen molar-refractivity contribution >= 4 is 39.0 Å². The highest BCUT2D eigenvalue weighted by Gasteiger charge is 2.33. The fourth-order valence-corrected chi connectivity index (χ4v) is 3.68. The summed E-state index contributed by atoms with van der Waals surface area (Å²) in [6, 6.07) is 4.54. The second-order valence-electron chi connectivity index (χ2n) is 4.59. The molecule has 0 unspecified atom stereocenters. The lowest BCUT2D eigenvalue weighted by atomic mass is 10.1. The number of imide groups is 1. The monoisotopic (exact) mass is 327 g/mol. The summed E-state index contributed by atoms with van der Waals surface area (Å²) in [5.41, 5.74) is 6.39. The van der Waals surface area contributed by atoms with Gasteiger partial charge in [0.05, 0.1) is 18.0 Å². The number of piperazine rings is 1. The van der Waals surface area contributed by atoms with Crippen LogP contribution in [0.2, 0.25) is 0 Å². The first-order valence-corrected chi connectivity index (χ1v) is 7.80. The van der Waals surface area contributed by atoms with E-state index in [9.17, 15) is 18.0 Å². The van der Waals surface area contributed by atoms with Crippen LogP contribution in [0.5, 0.6) is 0 Å². The number of aryl methyl sites for hydroxylation is 1. The Morgan fingerprint density at radius 3 is 2.38 bits per heavy atom. The summed E-state index contributed by atoms with van der Waals surface area (Å²) in [5.74, 6) is -1.31. The second-order valence-corrected chi connectivity index (χ2v) is 6.94. The molecule has 1 aliphatic rings. The third kappa shape index (κ3) is 3.09. The van der Waals surface area contributed by atoms with Gasteiger partial charge in [0.15, 0.2) is 0 Å². The van der Waals surface area contributed by atoms with Gasteiger partial charge in [0.25, 0.3) is 0 Å².